The van der Waals surface area contributed by atoms with E-state index < -0.39 is 0 Å². The van der Waals surface area contributed by atoms with Gasteiger partial charge in [-0.25, -0.2) is 0 Å². The van der Waals surface area contributed by atoms with E-state index in [2.05, 4.69) is 13.8 Å². The Labute approximate surface area is 114 Å². The highest BCUT2D eigenvalue weighted by molar-refractivity contribution is 8.00. The van der Waals surface area contributed by atoms with Crippen molar-refractivity contribution in [2.45, 2.75) is 43.3 Å². The predicted molar refractivity (Wildman–Crippen MR) is 77.6 cm³/mol. The Morgan fingerprint density at radius 2 is 2.17 bits per heavy atom. The van der Waals surface area contributed by atoms with Crippen molar-refractivity contribution in [3.63, 3.8) is 0 Å². The van der Waals surface area contributed by atoms with Crippen LogP contribution in [0.25, 0.3) is 0 Å². The SMILES string of the molecule is CCCC(C)Sc1cc(O)c(CCN)cc1OC. The number of hydrogen-bond donors (Lipinski definition) is 2. The van der Waals surface area contributed by atoms with Crippen LogP contribution in [0.3, 0.4) is 0 Å². The Bertz CT molecular complexity index is 382. The van der Waals surface area contributed by atoms with Crippen molar-refractivity contribution in [1.29, 1.82) is 0 Å². The summed E-state index contributed by atoms with van der Waals surface area (Å²) in [6, 6.07) is 3.68. The summed E-state index contributed by atoms with van der Waals surface area (Å²) < 4.78 is 5.39. The lowest BCUT2D eigenvalue weighted by atomic mass is 10.1. The first kappa shape index (κ1) is 15.2. The third kappa shape index (κ3) is 4.10. The number of ether oxygens (including phenoxy) is 1. The zero-order valence-electron chi connectivity index (χ0n) is 11.4. The molecule has 0 saturated heterocycles. The first-order valence-electron chi connectivity index (χ1n) is 6.39. The van der Waals surface area contributed by atoms with E-state index in [1.54, 1.807) is 24.9 Å². The lowest BCUT2D eigenvalue weighted by molar-refractivity contribution is 0.400. The molecule has 0 aliphatic heterocycles. The second-order valence-electron chi connectivity index (χ2n) is 4.39. The van der Waals surface area contributed by atoms with Crippen molar-refractivity contribution in [3.05, 3.63) is 17.7 Å². The lowest BCUT2D eigenvalue weighted by Gasteiger charge is -2.15. The number of nitrogens with two attached hydrogens (primary N) is 1. The van der Waals surface area contributed by atoms with E-state index >= 15 is 0 Å². The zero-order chi connectivity index (χ0) is 13.5. The van der Waals surface area contributed by atoms with Gasteiger partial charge in [-0.1, -0.05) is 20.3 Å². The minimum absolute atomic E-state index is 0.312. The van der Waals surface area contributed by atoms with Crippen LogP contribution in [0.2, 0.25) is 0 Å². The molecule has 3 nitrogen and oxygen atoms in total. The monoisotopic (exact) mass is 269 g/mol. The highest BCUT2D eigenvalue weighted by atomic mass is 32.2. The minimum atomic E-state index is 0.312. The topological polar surface area (TPSA) is 55.5 Å². The number of phenols is 1. The number of rotatable bonds is 7. The number of aromatic hydroxyl groups is 1. The van der Waals surface area contributed by atoms with Gasteiger partial charge in [0, 0.05) is 5.25 Å². The Balaban J connectivity index is 2.93. The van der Waals surface area contributed by atoms with Crippen molar-refractivity contribution >= 4 is 11.8 Å². The Morgan fingerprint density at radius 1 is 1.44 bits per heavy atom. The van der Waals surface area contributed by atoms with Gasteiger partial charge in [0.15, 0.2) is 0 Å². The molecule has 1 aromatic carbocycles. The van der Waals surface area contributed by atoms with Gasteiger partial charge >= 0.3 is 0 Å². The molecule has 0 saturated carbocycles. The van der Waals surface area contributed by atoms with Crippen LogP contribution in [0.5, 0.6) is 11.5 Å². The summed E-state index contributed by atoms with van der Waals surface area (Å²) in [5.74, 6) is 1.14. The fourth-order valence-electron chi connectivity index (χ4n) is 1.88. The molecule has 18 heavy (non-hydrogen) atoms. The van der Waals surface area contributed by atoms with Crippen molar-refractivity contribution in [2.75, 3.05) is 13.7 Å². The van der Waals surface area contributed by atoms with Crippen molar-refractivity contribution in [2.24, 2.45) is 5.73 Å². The summed E-state index contributed by atoms with van der Waals surface area (Å²) in [4.78, 5) is 0.997. The molecule has 1 rings (SSSR count). The average Bonchev–Trinajstić information content (AvgIpc) is 2.33. The van der Waals surface area contributed by atoms with E-state index in [0.29, 0.717) is 24.0 Å². The highest BCUT2D eigenvalue weighted by Gasteiger charge is 2.12. The second-order valence-corrected chi connectivity index (χ2v) is 5.87. The van der Waals surface area contributed by atoms with E-state index in [-0.39, 0.29) is 0 Å². The molecule has 1 unspecified atom stereocenters. The quantitative estimate of drug-likeness (QED) is 0.746. The molecule has 0 bridgehead atoms. The van der Waals surface area contributed by atoms with Crippen LogP contribution >= 0.6 is 11.8 Å². The third-order valence-electron chi connectivity index (χ3n) is 2.80. The van der Waals surface area contributed by atoms with Gasteiger partial charge in [0.1, 0.15) is 11.5 Å². The number of thioether (sulfide) groups is 1. The number of methoxy groups -OCH3 is 1. The van der Waals surface area contributed by atoms with Gasteiger partial charge in [-0.15, -0.1) is 11.8 Å². The molecule has 1 atom stereocenters. The van der Waals surface area contributed by atoms with E-state index in [0.717, 1.165) is 29.1 Å². The maximum Gasteiger partial charge on any atom is 0.132 e. The summed E-state index contributed by atoms with van der Waals surface area (Å²) >= 11 is 1.74. The minimum Gasteiger partial charge on any atom is -0.508 e. The first-order valence-corrected chi connectivity index (χ1v) is 7.26. The Kier molecular flexibility index (Phi) is 6.36. The number of benzene rings is 1. The molecule has 102 valence electrons. The normalized spacial score (nSPS) is 12.4. The fraction of sp³-hybridized carbons (Fsp3) is 0.571. The Morgan fingerprint density at radius 3 is 2.72 bits per heavy atom. The van der Waals surface area contributed by atoms with Crippen LogP contribution < -0.4 is 10.5 Å². The van der Waals surface area contributed by atoms with Crippen LogP contribution in [0.1, 0.15) is 32.3 Å². The first-order chi connectivity index (χ1) is 8.62. The molecular formula is C14H23NO2S. The van der Waals surface area contributed by atoms with Gasteiger partial charge in [0.05, 0.1) is 12.0 Å². The predicted octanol–water partition coefficient (Wildman–Crippen LogP) is 3.18. The van der Waals surface area contributed by atoms with Crippen molar-refractivity contribution in [3.8, 4) is 11.5 Å². The van der Waals surface area contributed by atoms with E-state index in [4.69, 9.17) is 10.5 Å². The third-order valence-corrected chi connectivity index (χ3v) is 4.01. The average molecular weight is 269 g/mol. The van der Waals surface area contributed by atoms with Gasteiger partial charge in [-0.2, -0.15) is 0 Å². The van der Waals surface area contributed by atoms with Crippen LogP contribution in [0.4, 0.5) is 0 Å². The lowest BCUT2D eigenvalue weighted by Crippen LogP contribution is -2.04. The Hall–Kier alpha value is -0.870. The molecule has 0 aliphatic rings. The van der Waals surface area contributed by atoms with Crippen molar-refractivity contribution in [1.82, 2.24) is 0 Å². The van der Waals surface area contributed by atoms with Crippen molar-refractivity contribution < 1.29 is 9.84 Å². The van der Waals surface area contributed by atoms with Crippen LogP contribution in [0.15, 0.2) is 17.0 Å². The summed E-state index contributed by atoms with van der Waals surface area (Å²) in [5, 5.41) is 10.5. The number of phenolic OH excluding ortho intramolecular Hbond substituents is 1. The highest BCUT2D eigenvalue weighted by Crippen LogP contribution is 2.38. The second kappa shape index (κ2) is 7.54. The standard InChI is InChI=1S/C14H23NO2S/c1-4-5-10(2)18-14-9-12(16)11(6-7-15)8-13(14)17-3/h8-10,16H,4-7,15H2,1-3H3. The molecule has 0 aliphatic carbocycles. The molecule has 0 aromatic heterocycles. The molecular weight excluding hydrogens is 246 g/mol. The van der Waals surface area contributed by atoms with Gasteiger partial charge in [-0.3, -0.25) is 0 Å². The smallest absolute Gasteiger partial charge is 0.132 e. The fourth-order valence-corrected chi connectivity index (χ4v) is 3.11. The van der Waals surface area contributed by atoms with Gasteiger partial charge < -0.3 is 15.6 Å². The molecule has 0 amide bonds. The summed E-state index contributed by atoms with van der Waals surface area (Å²) in [5.41, 5.74) is 6.37. The largest absolute Gasteiger partial charge is 0.508 e. The summed E-state index contributed by atoms with van der Waals surface area (Å²) in [7, 11) is 1.66. The molecule has 0 radical (unpaired) electrons. The maximum atomic E-state index is 9.96. The molecule has 0 spiro atoms. The van der Waals surface area contributed by atoms with Crippen LogP contribution in [-0.4, -0.2) is 24.0 Å². The summed E-state index contributed by atoms with van der Waals surface area (Å²) in [6.07, 6.45) is 2.98. The van der Waals surface area contributed by atoms with E-state index in [9.17, 15) is 5.11 Å². The number of hydrogen-bond acceptors (Lipinski definition) is 4. The van der Waals surface area contributed by atoms with Gasteiger partial charge in [0.25, 0.3) is 0 Å². The summed E-state index contributed by atoms with van der Waals surface area (Å²) in [6.45, 7) is 4.89. The van der Waals surface area contributed by atoms with Gasteiger partial charge in [0.2, 0.25) is 0 Å². The van der Waals surface area contributed by atoms with Crippen LogP contribution in [0, 0.1) is 0 Å². The zero-order valence-corrected chi connectivity index (χ0v) is 12.2. The van der Waals surface area contributed by atoms with Gasteiger partial charge in [-0.05, 0) is 37.1 Å². The van der Waals surface area contributed by atoms with E-state index in [1.807, 2.05) is 6.07 Å². The molecule has 1 aromatic rings. The maximum absolute atomic E-state index is 9.96. The van der Waals surface area contributed by atoms with Crippen LogP contribution in [-0.2, 0) is 6.42 Å². The molecule has 4 heteroatoms. The molecule has 3 N–H and O–H groups in total. The van der Waals surface area contributed by atoms with E-state index in [1.165, 1.54) is 0 Å². The molecule has 0 heterocycles. The molecule has 0 fully saturated rings.